The third-order valence-corrected chi connectivity index (χ3v) is 4.90. The summed E-state index contributed by atoms with van der Waals surface area (Å²) in [5.74, 6) is 0.888. The molecule has 0 aliphatic carbocycles. The van der Waals surface area contributed by atoms with Gasteiger partial charge in [-0.3, -0.25) is 9.59 Å². The summed E-state index contributed by atoms with van der Waals surface area (Å²) in [6.07, 6.45) is 0. The average Bonchev–Trinajstić information content (AvgIpc) is 2.78. The second-order valence-electron chi connectivity index (χ2n) is 7.59. The number of anilines is 1. The van der Waals surface area contributed by atoms with Crippen LogP contribution in [0.25, 0.3) is 0 Å². The van der Waals surface area contributed by atoms with Crippen molar-refractivity contribution in [2.45, 2.75) is 19.9 Å². The summed E-state index contributed by atoms with van der Waals surface area (Å²) >= 11 is 0. The molecule has 0 aromatic heterocycles. The molecular weight excluding hydrogens is 390 g/mol. The number of hydrogen-bond donors (Lipinski definition) is 3. The van der Waals surface area contributed by atoms with Crippen molar-refractivity contribution in [2.75, 3.05) is 11.9 Å². The maximum atomic E-state index is 12.6. The van der Waals surface area contributed by atoms with E-state index in [9.17, 15) is 9.59 Å². The number of carbonyl (C=O) groups excluding carboxylic acids is 2. The molecule has 6 nitrogen and oxygen atoms in total. The molecule has 3 rings (SSSR count). The molecule has 0 aliphatic rings. The first-order chi connectivity index (χ1) is 14.9. The van der Waals surface area contributed by atoms with Crippen molar-refractivity contribution < 1.29 is 14.3 Å². The van der Waals surface area contributed by atoms with Gasteiger partial charge in [-0.25, -0.2) is 0 Å². The number of amides is 2. The van der Waals surface area contributed by atoms with Gasteiger partial charge in [0.2, 0.25) is 5.91 Å². The Morgan fingerprint density at radius 3 is 1.90 bits per heavy atom. The highest BCUT2D eigenvalue weighted by Crippen LogP contribution is 2.22. The summed E-state index contributed by atoms with van der Waals surface area (Å²) in [7, 11) is 0. The molecule has 160 valence electrons. The van der Waals surface area contributed by atoms with Crippen LogP contribution in [-0.4, -0.2) is 24.4 Å². The van der Waals surface area contributed by atoms with E-state index in [1.54, 1.807) is 48.5 Å². The molecule has 0 spiro atoms. The van der Waals surface area contributed by atoms with Crippen LogP contribution in [0.3, 0.4) is 0 Å². The van der Waals surface area contributed by atoms with Crippen LogP contribution in [0.5, 0.6) is 11.5 Å². The van der Waals surface area contributed by atoms with Crippen LogP contribution in [0.4, 0.5) is 5.69 Å². The Kier molecular flexibility index (Phi) is 7.27. The van der Waals surface area contributed by atoms with Gasteiger partial charge < -0.3 is 21.1 Å². The normalized spacial score (nSPS) is 11.6. The quantitative estimate of drug-likeness (QED) is 0.480. The highest BCUT2D eigenvalue weighted by molar-refractivity contribution is 5.94. The predicted molar refractivity (Wildman–Crippen MR) is 122 cm³/mol. The fourth-order valence-electron chi connectivity index (χ4n) is 3.00. The van der Waals surface area contributed by atoms with Crippen molar-refractivity contribution in [3.8, 4) is 11.5 Å². The van der Waals surface area contributed by atoms with E-state index >= 15 is 0 Å². The number of ether oxygens (including phenoxy) is 1. The number of nitrogens with one attached hydrogen (secondary N) is 2. The molecule has 3 aromatic carbocycles. The molecule has 0 bridgehead atoms. The molecule has 0 fully saturated rings. The fourth-order valence-corrected chi connectivity index (χ4v) is 3.00. The molecule has 6 heteroatoms. The van der Waals surface area contributed by atoms with Crippen LogP contribution in [-0.2, 0) is 0 Å². The second kappa shape index (κ2) is 10.3. The van der Waals surface area contributed by atoms with Crippen LogP contribution in [0, 0.1) is 5.92 Å². The first kappa shape index (κ1) is 21.9. The van der Waals surface area contributed by atoms with Crippen molar-refractivity contribution in [3.05, 3.63) is 90.0 Å². The van der Waals surface area contributed by atoms with Gasteiger partial charge in [0.05, 0.1) is 0 Å². The van der Waals surface area contributed by atoms with Gasteiger partial charge in [-0.05, 0) is 66.6 Å². The van der Waals surface area contributed by atoms with E-state index in [2.05, 4.69) is 24.5 Å². The van der Waals surface area contributed by atoms with Crippen molar-refractivity contribution in [1.29, 1.82) is 0 Å². The summed E-state index contributed by atoms with van der Waals surface area (Å²) in [5, 5.41) is 6.47. The van der Waals surface area contributed by atoms with Gasteiger partial charge in [0, 0.05) is 29.4 Å². The van der Waals surface area contributed by atoms with Gasteiger partial charge in [0.15, 0.2) is 0 Å². The van der Waals surface area contributed by atoms with Gasteiger partial charge in [-0.2, -0.15) is 0 Å². The molecule has 31 heavy (non-hydrogen) atoms. The van der Waals surface area contributed by atoms with E-state index in [1.165, 1.54) is 0 Å². The Morgan fingerprint density at radius 1 is 0.839 bits per heavy atom. The molecule has 0 heterocycles. The number of para-hydroxylation sites is 1. The number of rotatable bonds is 9. The van der Waals surface area contributed by atoms with Gasteiger partial charge in [0.25, 0.3) is 5.91 Å². The maximum absolute atomic E-state index is 12.6. The molecule has 2 amide bonds. The molecule has 4 N–H and O–H groups in total. The summed E-state index contributed by atoms with van der Waals surface area (Å²) in [4.78, 5) is 23.7. The highest BCUT2D eigenvalue weighted by atomic mass is 16.5. The first-order valence-corrected chi connectivity index (χ1v) is 10.2. The summed E-state index contributed by atoms with van der Waals surface area (Å²) in [6.45, 7) is 4.75. The van der Waals surface area contributed by atoms with E-state index < -0.39 is 5.91 Å². The van der Waals surface area contributed by atoms with E-state index in [4.69, 9.17) is 10.5 Å². The van der Waals surface area contributed by atoms with E-state index in [0.29, 0.717) is 35.1 Å². The first-order valence-electron chi connectivity index (χ1n) is 10.2. The Balaban J connectivity index is 1.56. The van der Waals surface area contributed by atoms with Crippen LogP contribution in [0.1, 0.15) is 34.6 Å². The van der Waals surface area contributed by atoms with Crippen LogP contribution in [0.15, 0.2) is 78.9 Å². The zero-order valence-corrected chi connectivity index (χ0v) is 17.7. The lowest BCUT2D eigenvalue weighted by Crippen LogP contribution is -2.39. The molecule has 3 aromatic rings. The minimum absolute atomic E-state index is 0.109. The predicted octanol–water partition coefficient (Wildman–Crippen LogP) is 4.44. The van der Waals surface area contributed by atoms with Crippen molar-refractivity contribution in [2.24, 2.45) is 11.7 Å². The van der Waals surface area contributed by atoms with Crippen molar-refractivity contribution in [3.63, 3.8) is 0 Å². The van der Waals surface area contributed by atoms with Crippen LogP contribution in [0.2, 0.25) is 0 Å². The third-order valence-electron chi connectivity index (χ3n) is 4.90. The number of nitrogens with two attached hydrogens (primary N) is 1. The summed E-state index contributed by atoms with van der Waals surface area (Å²) in [5.41, 5.74) is 7.24. The number of hydrogen-bond acceptors (Lipinski definition) is 4. The molecule has 1 unspecified atom stereocenters. The minimum Gasteiger partial charge on any atom is -0.457 e. The van der Waals surface area contributed by atoms with Gasteiger partial charge >= 0.3 is 0 Å². The number of primary amides is 1. The zero-order valence-electron chi connectivity index (χ0n) is 17.7. The van der Waals surface area contributed by atoms with E-state index in [0.717, 1.165) is 5.69 Å². The summed E-state index contributed by atoms with van der Waals surface area (Å²) < 4.78 is 5.75. The topological polar surface area (TPSA) is 93.4 Å². The SMILES string of the molecule is CC(C)C(CNC(=O)c1ccc(Oc2ccc(C(N)=O)cc2)cc1)Nc1ccccc1. The molecule has 1 atom stereocenters. The molecule has 0 saturated carbocycles. The highest BCUT2D eigenvalue weighted by Gasteiger charge is 2.15. The number of carbonyl (C=O) groups is 2. The van der Waals surface area contributed by atoms with Crippen molar-refractivity contribution in [1.82, 2.24) is 5.32 Å². The lowest BCUT2D eigenvalue weighted by molar-refractivity contribution is 0.0949. The van der Waals surface area contributed by atoms with Crippen molar-refractivity contribution >= 4 is 17.5 Å². The Hall–Kier alpha value is -3.80. The van der Waals surface area contributed by atoms with E-state index in [-0.39, 0.29) is 11.9 Å². The lowest BCUT2D eigenvalue weighted by Gasteiger charge is -2.24. The Morgan fingerprint density at radius 2 is 1.39 bits per heavy atom. The third kappa shape index (κ3) is 6.34. The molecule has 0 saturated heterocycles. The second-order valence-corrected chi connectivity index (χ2v) is 7.59. The lowest BCUT2D eigenvalue weighted by atomic mass is 10.0. The van der Waals surface area contributed by atoms with Gasteiger partial charge in [-0.15, -0.1) is 0 Å². The minimum atomic E-state index is -0.486. The van der Waals surface area contributed by atoms with E-state index in [1.807, 2.05) is 30.3 Å². The van der Waals surface area contributed by atoms with Gasteiger partial charge in [0.1, 0.15) is 11.5 Å². The smallest absolute Gasteiger partial charge is 0.251 e. The summed E-state index contributed by atoms with van der Waals surface area (Å²) in [6, 6.07) is 23.5. The monoisotopic (exact) mass is 417 g/mol. The molecule has 0 aliphatic heterocycles. The Labute approximate surface area is 182 Å². The van der Waals surface area contributed by atoms with Crippen LogP contribution >= 0.6 is 0 Å². The maximum Gasteiger partial charge on any atom is 0.251 e. The Bertz CT molecular complexity index is 1000. The fraction of sp³-hybridized carbons (Fsp3) is 0.200. The molecule has 0 radical (unpaired) electrons. The van der Waals surface area contributed by atoms with Gasteiger partial charge in [-0.1, -0.05) is 32.0 Å². The number of benzene rings is 3. The largest absolute Gasteiger partial charge is 0.457 e. The van der Waals surface area contributed by atoms with Crippen LogP contribution < -0.4 is 21.1 Å². The standard InChI is InChI=1S/C25H27N3O3/c1-17(2)23(28-20-6-4-3-5-7-20)16-27-25(30)19-10-14-22(15-11-19)31-21-12-8-18(9-13-21)24(26)29/h3-15,17,23,28H,16H2,1-2H3,(H2,26,29)(H,27,30). The molecular formula is C25H27N3O3. The average molecular weight is 418 g/mol. The zero-order chi connectivity index (χ0) is 22.2.